The molecule has 0 aliphatic heterocycles. The number of aromatic nitrogens is 1. The van der Waals surface area contributed by atoms with E-state index in [1.165, 1.54) is 11.3 Å². The van der Waals surface area contributed by atoms with Gasteiger partial charge in [-0.05, 0) is 26.0 Å². The Balaban J connectivity index is 2.46. The molecule has 90 valence electrons. The summed E-state index contributed by atoms with van der Waals surface area (Å²) in [7, 11) is 1.61. The number of rotatable bonds is 3. The molecule has 1 aromatic heterocycles. The van der Waals surface area contributed by atoms with Crippen LogP contribution >= 0.6 is 11.3 Å². The van der Waals surface area contributed by atoms with Crippen LogP contribution in [0.5, 0.6) is 5.75 Å². The number of benzene rings is 1. The number of aliphatic hydroxyl groups is 1. The van der Waals surface area contributed by atoms with Crippen LogP contribution in [0.2, 0.25) is 0 Å². The summed E-state index contributed by atoms with van der Waals surface area (Å²) in [6.45, 7) is 3.90. The topological polar surface area (TPSA) is 42.4 Å². The van der Waals surface area contributed by atoms with Gasteiger partial charge in [-0.15, -0.1) is 11.3 Å². The summed E-state index contributed by atoms with van der Waals surface area (Å²) < 4.78 is 5.28. The minimum Gasteiger partial charge on any atom is -0.496 e. The van der Waals surface area contributed by atoms with Crippen LogP contribution in [0.3, 0.4) is 0 Å². The quantitative estimate of drug-likeness (QED) is 0.909. The lowest BCUT2D eigenvalue weighted by atomic mass is 10.0. The summed E-state index contributed by atoms with van der Waals surface area (Å²) >= 11 is 1.46. The fraction of sp³-hybridized carbons (Fsp3) is 0.308. The summed E-state index contributed by atoms with van der Waals surface area (Å²) in [5, 5.41) is 10.4. The van der Waals surface area contributed by atoms with Gasteiger partial charge in [-0.25, -0.2) is 4.98 Å². The summed E-state index contributed by atoms with van der Waals surface area (Å²) in [5.41, 5.74) is 4.50. The van der Waals surface area contributed by atoms with Gasteiger partial charge in [0.2, 0.25) is 0 Å². The molecule has 1 aromatic carbocycles. The van der Waals surface area contributed by atoms with Gasteiger partial charge in [-0.2, -0.15) is 0 Å². The predicted molar refractivity (Wildman–Crippen MR) is 68.6 cm³/mol. The van der Waals surface area contributed by atoms with E-state index in [9.17, 15) is 5.11 Å². The van der Waals surface area contributed by atoms with Gasteiger partial charge in [0.25, 0.3) is 0 Å². The van der Waals surface area contributed by atoms with Crippen molar-refractivity contribution in [1.82, 2.24) is 4.98 Å². The van der Waals surface area contributed by atoms with Crippen LogP contribution in [-0.4, -0.2) is 17.2 Å². The Morgan fingerprint density at radius 2 is 2.12 bits per heavy atom. The second-order valence-electron chi connectivity index (χ2n) is 3.95. The normalized spacial score (nSPS) is 12.5. The highest BCUT2D eigenvalue weighted by molar-refractivity contribution is 7.09. The second-order valence-corrected chi connectivity index (χ2v) is 4.84. The van der Waals surface area contributed by atoms with E-state index < -0.39 is 6.10 Å². The highest BCUT2D eigenvalue weighted by atomic mass is 32.1. The van der Waals surface area contributed by atoms with Crippen LogP contribution in [0.4, 0.5) is 0 Å². The molecule has 17 heavy (non-hydrogen) atoms. The lowest BCUT2D eigenvalue weighted by Crippen LogP contribution is -2.02. The van der Waals surface area contributed by atoms with Crippen LogP contribution in [0, 0.1) is 13.8 Å². The third-order valence-corrected chi connectivity index (χ3v) is 3.69. The van der Waals surface area contributed by atoms with E-state index in [2.05, 4.69) is 4.98 Å². The molecule has 0 bridgehead atoms. The van der Waals surface area contributed by atoms with Gasteiger partial charge < -0.3 is 9.84 Å². The molecule has 0 fully saturated rings. The van der Waals surface area contributed by atoms with E-state index >= 15 is 0 Å². The Morgan fingerprint density at radius 3 is 2.71 bits per heavy atom. The lowest BCUT2D eigenvalue weighted by Gasteiger charge is -2.14. The fourth-order valence-electron chi connectivity index (χ4n) is 1.78. The number of hydrogen-bond acceptors (Lipinski definition) is 4. The maximum Gasteiger partial charge on any atom is 0.125 e. The number of methoxy groups -OCH3 is 1. The Hall–Kier alpha value is -1.39. The first kappa shape index (κ1) is 12.1. The molecule has 1 unspecified atom stereocenters. The molecule has 0 aliphatic carbocycles. The van der Waals surface area contributed by atoms with Crippen molar-refractivity contribution in [2.24, 2.45) is 0 Å². The SMILES string of the molecule is COc1ccc(C)cc1C(O)c1scnc1C. The van der Waals surface area contributed by atoms with Gasteiger partial charge in [-0.3, -0.25) is 0 Å². The molecule has 2 aromatic rings. The second kappa shape index (κ2) is 4.85. The molecule has 0 aliphatic rings. The molecule has 2 rings (SSSR count). The fourth-order valence-corrected chi connectivity index (χ4v) is 2.59. The number of thiazole rings is 1. The Labute approximate surface area is 105 Å². The number of ether oxygens (including phenoxy) is 1. The molecule has 1 N–H and O–H groups in total. The monoisotopic (exact) mass is 249 g/mol. The molecule has 1 atom stereocenters. The minimum atomic E-state index is -0.669. The Kier molecular flexibility index (Phi) is 3.45. The summed E-state index contributed by atoms with van der Waals surface area (Å²) in [6, 6.07) is 5.79. The third kappa shape index (κ3) is 2.33. The maximum atomic E-state index is 10.4. The van der Waals surface area contributed by atoms with E-state index in [1.54, 1.807) is 12.6 Å². The molecule has 4 heteroatoms. The standard InChI is InChI=1S/C13H15NO2S/c1-8-4-5-11(16-3)10(6-8)12(15)13-9(2)14-7-17-13/h4-7,12,15H,1-3H3. The maximum absolute atomic E-state index is 10.4. The van der Waals surface area contributed by atoms with Gasteiger partial charge in [0.15, 0.2) is 0 Å². The van der Waals surface area contributed by atoms with E-state index in [0.29, 0.717) is 5.75 Å². The van der Waals surface area contributed by atoms with Crippen molar-refractivity contribution in [1.29, 1.82) is 0 Å². The zero-order chi connectivity index (χ0) is 12.4. The van der Waals surface area contributed by atoms with Crippen LogP contribution in [-0.2, 0) is 0 Å². The van der Waals surface area contributed by atoms with Gasteiger partial charge in [-0.1, -0.05) is 11.6 Å². The highest BCUT2D eigenvalue weighted by Gasteiger charge is 2.19. The summed E-state index contributed by atoms with van der Waals surface area (Å²) in [4.78, 5) is 5.03. The molecular formula is C13H15NO2S. The number of nitrogens with zero attached hydrogens (tertiary/aromatic N) is 1. The smallest absolute Gasteiger partial charge is 0.125 e. The lowest BCUT2D eigenvalue weighted by molar-refractivity contribution is 0.217. The van der Waals surface area contributed by atoms with Gasteiger partial charge in [0, 0.05) is 5.56 Å². The third-order valence-electron chi connectivity index (χ3n) is 2.71. The number of aliphatic hydroxyl groups excluding tert-OH is 1. The minimum absolute atomic E-state index is 0.669. The zero-order valence-corrected chi connectivity index (χ0v) is 10.9. The molecule has 0 saturated carbocycles. The molecular weight excluding hydrogens is 234 g/mol. The van der Waals surface area contributed by atoms with Crippen molar-refractivity contribution < 1.29 is 9.84 Å². The number of aryl methyl sites for hydroxylation is 2. The van der Waals surface area contributed by atoms with Crippen LogP contribution in [0.15, 0.2) is 23.7 Å². The van der Waals surface area contributed by atoms with E-state index in [1.807, 2.05) is 32.0 Å². The van der Waals surface area contributed by atoms with E-state index in [4.69, 9.17) is 4.74 Å². The molecule has 0 saturated heterocycles. The largest absolute Gasteiger partial charge is 0.496 e. The first-order valence-electron chi connectivity index (χ1n) is 5.36. The van der Waals surface area contributed by atoms with Crippen molar-refractivity contribution >= 4 is 11.3 Å². The van der Waals surface area contributed by atoms with Gasteiger partial charge in [0.05, 0.1) is 23.2 Å². The summed E-state index contributed by atoms with van der Waals surface area (Å²) in [6.07, 6.45) is -0.669. The predicted octanol–water partition coefficient (Wildman–Crippen LogP) is 2.85. The first-order valence-corrected chi connectivity index (χ1v) is 6.24. The molecule has 0 amide bonds. The van der Waals surface area contributed by atoms with Crippen molar-refractivity contribution in [3.8, 4) is 5.75 Å². The molecule has 0 spiro atoms. The van der Waals surface area contributed by atoms with Crippen molar-refractivity contribution in [2.75, 3.05) is 7.11 Å². The van der Waals surface area contributed by atoms with Gasteiger partial charge in [0.1, 0.15) is 11.9 Å². The molecule has 0 radical (unpaired) electrons. The first-order chi connectivity index (χ1) is 8.13. The highest BCUT2D eigenvalue weighted by Crippen LogP contribution is 2.33. The van der Waals surface area contributed by atoms with Crippen molar-refractivity contribution in [2.45, 2.75) is 20.0 Å². The van der Waals surface area contributed by atoms with Crippen molar-refractivity contribution in [3.05, 3.63) is 45.4 Å². The van der Waals surface area contributed by atoms with Crippen LogP contribution < -0.4 is 4.74 Å². The van der Waals surface area contributed by atoms with E-state index in [-0.39, 0.29) is 0 Å². The average Bonchev–Trinajstić information content (AvgIpc) is 2.74. The Morgan fingerprint density at radius 1 is 1.35 bits per heavy atom. The zero-order valence-electron chi connectivity index (χ0n) is 10.1. The van der Waals surface area contributed by atoms with Crippen molar-refractivity contribution in [3.63, 3.8) is 0 Å². The molecule has 3 nitrogen and oxygen atoms in total. The van der Waals surface area contributed by atoms with Crippen LogP contribution in [0.25, 0.3) is 0 Å². The van der Waals surface area contributed by atoms with E-state index in [0.717, 1.165) is 21.7 Å². The van der Waals surface area contributed by atoms with Crippen LogP contribution in [0.1, 0.15) is 27.8 Å². The average molecular weight is 249 g/mol. The summed E-state index contributed by atoms with van der Waals surface area (Å²) in [5.74, 6) is 0.705. The molecule has 1 heterocycles. The van der Waals surface area contributed by atoms with Gasteiger partial charge >= 0.3 is 0 Å². The Bertz CT molecular complexity index is 522. The number of hydrogen-bond donors (Lipinski definition) is 1.